The fourth-order valence-corrected chi connectivity index (χ4v) is 3.06. The summed E-state index contributed by atoms with van der Waals surface area (Å²) < 4.78 is 0. The Morgan fingerprint density at radius 2 is 2.00 bits per heavy atom. The van der Waals surface area contributed by atoms with Crippen LogP contribution in [0.1, 0.15) is 48.5 Å². The predicted molar refractivity (Wildman–Crippen MR) is 82.9 cm³/mol. The van der Waals surface area contributed by atoms with E-state index in [1.807, 2.05) is 29.2 Å². The van der Waals surface area contributed by atoms with Crippen molar-refractivity contribution < 1.29 is 9.59 Å². The van der Waals surface area contributed by atoms with E-state index in [0.29, 0.717) is 12.3 Å². The zero-order chi connectivity index (χ0) is 15.2. The molecular weight excluding hydrogens is 264 g/mol. The van der Waals surface area contributed by atoms with E-state index in [-0.39, 0.29) is 11.8 Å². The molecule has 114 valence electrons. The lowest BCUT2D eigenvalue weighted by Crippen LogP contribution is -2.32. The number of benzene rings is 1. The SMILES string of the molecule is CCc1ccccc1C(=O)N1CCC[C@H](CC(N)=O)CC1. The van der Waals surface area contributed by atoms with Gasteiger partial charge in [0, 0.05) is 25.1 Å². The lowest BCUT2D eigenvalue weighted by atomic mass is 9.97. The third kappa shape index (κ3) is 4.06. The summed E-state index contributed by atoms with van der Waals surface area (Å²) in [5.74, 6) is 0.199. The summed E-state index contributed by atoms with van der Waals surface area (Å²) in [6.07, 6.45) is 4.08. The normalized spacial score (nSPS) is 19.1. The minimum Gasteiger partial charge on any atom is -0.370 e. The van der Waals surface area contributed by atoms with Gasteiger partial charge in [0.05, 0.1) is 0 Å². The summed E-state index contributed by atoms with van der Waals surface area (Å²) in [6, 6.07) is 7.81. The van der Waals surface area contributed by atoms with Crippen molar-refractivity contribution in [3.63, 3.8) is 0 Å². The van der Waals surface area contributed by atoms with Crippen molar-refractivity contribution in [2.24, 2.45) is 11.7 Å². The van der Waals surface area contributed by atoms with E-state index in [1.54, 1.807) is 0 Å². The van der Waals surface area contributed by atoms with Gasteiger partial charge in [-0.3, -0.25) is 9.59 Å². The van der Waals surface area contributed by atoms with Crippen molar-refractivity contribution in [2.75, 3.05) is 13.1 Å². The number of carbonyl (C=O) groups excluding carboxylic acids is 2. The Morgan fingerprint density at radius 1 is 1.24 bits per heavy atom. The van der Waals surface area contributed by atoms with Crippen LogP contribution in [-0.2, 0) is 11.2 Å². The van der Waals surface area contributed by atoms with E-state index in [4.69, 9.17) is 5.73 Å². The molecule has 4 nitrogen and oxygen atoms in total. The molecule has 2 N–H and O–H groups in total. The molecule has 0 unspecified atom stereocenters. The van der Waals surface area contributed by atoms with Gasteiger partial charge in [-0.2, -0.15) is 0 Å². The molecule has 1 aliphatic heterocycles. The Morgan fingerprint density at radius 3 is 2.71 bits per heavy atom. The molecule has 21 heavy (non-hydrogen) atoms. The molecule has 0 aromatic heterocycles. The quantitative estimate of drug-likeness (QED) is 0.924. The molecule has 1 heterocycles. The highest BCUT2D eigenvalue weighted by Crippen LogP contribution is 2.22. The Hall–Kier alpha value is -1.84. The second-order valence-corrected chi connectivity index (χ2v) is 5.77. The van der Waals surface area contributed by atoms with Crippen LogP contribution in [0.15, 0.2) is 24.3 Å². The molecule has 4 heteroatoms. The molecule has 1 aromatic carbocycles. The first-order chi connectivity index (χ1) is 10.1. The topological polar surface area (TPSA) is 63.4 Å². The maximum Gasteiger partial charge on any atom is 0.254 e. The van der Waals surface area contributed by atoms with Crippen LogP contribution in [0.3, 0.4) is 0 Å². The maximum absolute atomic E-state index is 12.7. The first-order valence-corrected chi connectivity index (χ1v) is 7.77. The second kappa shape index (κ2) is 7.25. The van der Waals surface area contributed by atoms with Gasteiger partial charge < -0.3 is 10.6 Å². The number of hydrogen-bond donors (Lipinski definition) is 1. The minimum atomic E-state index is -0.240. The molecular formula is C17H24N2O2. The Bertz CT molecular complexity index is 513. The van der Waals surface area contributed by atoms with Gasteiger partial charge >= 0.3 is 0 Å². The van der Waals surface area contributed by atoms with Crippen molar-refractivity contribution in [3.8, 4) is 0 Å². The van der Waals surface area contributed by atoms with E-state index in [1.165, 1.54) is 0 Å². The van der Waals surface area contributed by atoms with E-state index < -0.39 is 0 Å². The van der Waals surface area contributed by atoms with E-state index in [9.17, 15) is 9.59 Å². The van der Waals surface area contributed by atoms with Crippen LogP contribution in [0.2, 0.25) is 0 Å². The highest BCUT2D eigenvalue weighted by molar-refractivity contribution is 5.95. The molecule has 0 spiro atoms. The number of aryl methyl sites for hydroxylation is 1. The highest BCUT2D eigenvalue weighted by Gasteiger charge is 2.23. The molecule has 1 aromatic rings. The number of likely N-dealkylation sites (tertiary alicyclic amines) is 1. The number of nitrogens with zero attached hydrogens (tertiary/aromatic N) is 1. The number of carbonyl (C=O) groups is 2. The van der Waals surface area contributed by atoms with Gasteiger partial charge in [-0.15, -0.1) is 0 Å². The molecule has 2 amide bonds. The summed E-state index contributed by atoms with van der Waals surface area (Å²) in [5, 5.41) is 0. The average molecular weight is 288 g/mol. The van der Waals surface area contributed by atoms with Crippen LogP contribution in [0.25, 0.3) is 0 Å². The second-order valence-electron chi connectivity index (χ2n) is 5.77. The summed E-state index contributed by atoms with van der Waals surface area (Å²) >= 11 is 0. The third-order valence-electron chi connectivity index (χ3n) is 4.25. The molecule has 0 bridgehead atoms. The van der Waals surface area contributed by atoms with Crippen LogP contribution >= 0.6 is 0 Å². The fourth-order valence-electron chi connectivity index (χ4n) is 3.06. The van der Waals surface area contributed by atoms with Crippen LogP contribution in [0, 0.1) is 5.92 Å². The first kappa shape index (κ1) is 15.5. The van der Waals surface area contributed by atoms with Crippen LogP contribution < -0.4 is 5.73 Å². The zero-order valence-corrected chi connectivity index (χ0v) is 12.7. The zero-order valence-electron chi connectivity index (χ0n) is 12.7. The van der Waals surface area contributed by atoms with E-state index >= 15 is 0 Å². The number of amides is 2. The Labute approximate surface area is 126 Å². The van der Waals surface area contributed by atoms with Crippen molar-refractivity contribution >= 4 is 11.8 Å². The van der Waals surface area contributed by atoms with E-state index in [2.05, 4.69) is 6.92 Å². The highest BCUT2D eigenvalue weighted by atomic mass is 16.2. The monoisotopic (exact) mass is 288 g/mol. The Kier molecular flexibility index (Phi) is 5.37. The largest absolute Gasteiger partial charge is 0.370 e. The predicted octanol–water partition coefficient (Wildman–Crippen LogP) is 2.37. The standard InChI is InChI=1S/C17H24N2O2/c1-2-14-7-3-4-8-15(14)17(21)19-10-5-6-13(9-11-19)12-16(18)20/h3-4,7-8,13H,2,5-6,9-12H2,1H3,(H2,18,20)/t13-/m0/s1. The molecule has 2 rings (SSSR count). The molecule has 0 saturated carbocycles. The van der Waals surface area contributed by atoms with Gasteiger partial charge in [-0.1, -0.05) is 25.1 Å². The van der Waals surface area contributed by atoms with E-state index in [0.717, 1.165) is 49.9 Å². The van der Waals surface area contributed by atoms with Gasteiger partial charge in [-0.05, 0) is 43.2 Å². The summed E-state index contributed by atoms with van der Waals surface area (Å²) in [4.78, 5) is 25.7. The average Bonchev–Trinajstić information content (AvgIpc) is 2.71. The molecule has 0 radical (unpaired) electrons. The third-order valence-corrected chi connectivity index (χ3v) is 4.25. The van der Waals surface area contributed by atoms with Gasteiger partial charge in [0.25, 0.3) is 5.91 Å². The summed E-state index contributed by atoms with van der Waals surface area (Å²) in [5.41, 5.74) is 7.19. The number of hydrogen-bond acceptors (Lipinski definition) is 2. The van der Waals surface area contributed by atoms with Crippen molar-refractivity contribution in [2.45, 2.75) is 39.0 Å². The summed E-state index contributed by atoms with van der Waals surface area (Å²) in [6.45, 7) is 3.55. The number of rotatable bonds is 4. The van der Waals surface area contributed by atoms with Crippen LogP contribution in [-0.4, -0.2) is 29.8 Å². The van der Waals surface area contributed by atoms with Crippen molar-refractivity contribution in [3.05, 3.63) is 35.4 Å². The summed E-state index contributed by atoms with van der Waals surface area (Å²) in [7, 11) is 0. The lowest BCUT2D eigenvalue weighted by Gasteiger charge is -2.22. The van der Waals surface area contributed by atoms with Gasteiger partial charge in [0.15, 0.2) is 0 Å². The van der Waals surface area contributed by atoms with Crippen LogP contribution in [0.4, 0.5) is 0 Å². The van der Waals surface area contributed by atoms with Gasteiger partial charge in [-0.25, -0.2) is 0 Å². The van der Waals surface area contributed by atoms with Gasteiger partial charge in [0.2, 0.25) is 5.91 Å². The first-order valence-electron chi connectivity index (χ1n) is 7.77. The molecule has 1 saturated heterocycles. The molecule has 1 atom stereocenters. The molecule has 1 fully saturated rings. The van der Waals surface area contributed by atoms with Crippen LogP contribution in [0.5, 0.6) is 0 Å². The molecule has 0 aliphatic carbocycles. The Balaban J connectivity index is 2.05. The number of nitrogens with two attached hydrogens (primary N) is 1. The van der Waals surface area contributed by atoms with Crippen molar-refractivity contribution in [1.82, 2.24) is 4.90 Å². The smallest absolute Gasteiger partial charge is 0.254 e. The van der Waals surface area contributed by atoms with Crippen molar-refractivity contribution in [1.29, 1.82) is 0 Å². The number of primary amides is 1. The van der Waals surface area contributed by atoms with Gasteiger partial charge in [0.1, 0.15) is 0 Å². The lowest BCUT2D eigenvalue weighted by molar-refractivity contribution is -0.119. The maximum atomic E-state index is 12.7. The molecule has 1 aliphatic rings. The minimum absolute atomic E-state index is 0.118. The fraction of sp³-hybridized carbons (Fsp3) is 0.529.